The van der Waals surface area contributed by atoms with Gasteiger partial charge < -0.3 is 19.5 Å². The van der Waals surface area contributed by atoms with Crippen LogP contribution in [0.1, 0.15) is 25.0 Å². The highest BCUT2D eigenvalue weighted by Crippen LogP contribution is 2.08. The summed E-state index contributed by atoms with van der Waals surface area (Å²) in [6, 6.07) is 17.1. The molecule has 148 valence electrons. The maximum atomic E-state index is 12.2. The highest BCUT2D eigenvalue weighted by atomic mass is 16.7. The monoisotopic (exact) mass is 385 g/mol. The summed E-state index contributed by atoms with van der Waals surface area (Å²) >= 11 is 0. The fourth-order valence-electron chi connectivity index (χ4n) is 2.28. The summed E-state index contributed by atoms with van der Waals surface area (Å²) < 4.78 is 14.7. The molecule has 0 aromatic heterocycles. The molecule has 0 radical (unpaired) electrons. The minimum absolute atomic E-state index is 0.0220. The summed E-state index contributed by atoms with van der Waals surface area (Å²) in [4.78, 5) is 35.9. The second kappa shape index (κ2) is 10.7. The van der Waals surface area contributed by atoms with Crippen molar-refractivity contribution in [1.29, 1.82) is 0 Å². The number of hydrogen-bond donors (Lipinski definition) is 1. The lowest BCUT2D eigenvalue weighted by molar-refractivity contribution is -0.143. The van der Waals surface area contributed by atoms with Gasteiger partial charge in [-0.25, -0.2) is 14.4 Å². The molecular formula is C21H23NO6. The summed E-state index contributed by atoms with van der Waals surface area (Å²) in [5.74, 6) is -1.23. The average molecular weight is 385 g/mol. The first-order valence-corrected chi connectivity index (χ1v) is 8.85. The van der Waals surface area contributed by atoms with E-state index in [1.807, 2.05) is 36.4 Å². The Morgan fingerprint density at radius 3 is 1.82 bits per heavy atom. The summed E-state index contributed by atoms with van der Waals surface area (Å²) in [5, 5.41) is 2.42. The molecule has 2 aromatic carbocycles. The van der Waals surface area contributed by atoms with Crippen LogP contribution in [0.15, 0.2) is 60.7 Å². The lowest BCUT2D eigenvalue weighted by Crippen LogP contribution is -2.46. The second-order valence-electron chi connectivity index (χ2n) is 6.37. The Balaban J connectivity index is 1.81. The van der Waals surface area contributed by atoms with Gasteiger partial charge in [0.25, 0.3) is 0 Å². The number of carbonyl (C=O) groups excluding carboxylic acids is 3. The van der Waals surface area contributed by atoms with E-state index < -0.39 is 24.3 Å². The Bertz CT molecular complexity index is 776. The Kier molecular flexibility index (Phi) is 8.02. The molecule has 0 aliphatic rings. The summed E-state index contributed by atoms with van der Waals surface area (Å²) in [5.41, 5.74) is 1.57. The number of carbonyl (C=O) groups is 3. The van der Waals surface area contributed by atoms with Gasteiger partial charge in [0.1, 0.15) is 19.3 Å². The zero-order valence-corrected chi connectivity index (χ0v) is 15.8. The van der Waals surface area contributed by atoms with Gasteiger partial charge in [-0.15, -0.1) is 0 Å². The number of hydrogen-bond acceptors (Lipinski definition) is 6. The molecule has 2 aromatic rings. The van der Waals surface area contributed by atoms with Crippen molar-refractivity contribution in [2.24, 2.45) is 5.92 Å². The van der Waals surface area contributed by atoms with E-state index in [0.717, 1.165) is 11.1 Å². The van der Waals surface area contributed by atoms with E-state index in [4.69, 9.17) is 9.47 Å². The average Bonchev–Trinajstić information content (AvgIpc) is 2.70. The maximum Gasteiger partial charge on any atom is 0.516 e. The van der Waals surface area contributed by atoms with Crippen LogP contribution in [0.4, 0.5) is 9.59 Å². The van der Waals surface area contributed by atoms with Gasteiger partial charge in [-0.3, -0.25) is 0 Å². The number of esters is 1. The molecule has 28 heavy (non-hydrogen) atoms. The predicted octanol–water partition coefficient (Wildman–Crippen LogP) is 3.82. The smallest absolute Gasteiger partial charge is 0.445 e. The molecule has 1 atom stereocenters. The fourth-order valence-corrected chi connectivity index (χ4v) is 2.28. The van der Waals surface area contributed by atoms with E-state index >= 15 is 0 Å². The van der Waals surface area contributed by atoms with Gasteiger partial charge in [-0.05, 0) is 17.0 Å². The number of nitrogens with one attached hydrogen (secondary N) is 1. The number of ether oxygens (including phenoxy) is 3. The van der Waals surface area contributed by atoms with Gasteiger partial charge in [0.2, 0.25) is 0 Å². The van der Waals surface area contributed by atoms with Crippen LogP contribution >= 0.6 is 0 Å². The standard InChI is InChI=1S/C21H23NO6/c1-15(2)18(22-20(24)26-13-16-9-5-3-6-10-16)19(23)28-21(25)27-14-17-11-7-4-8-12-17/h3-12,15,18H,13-14H2,1-2H3,(H,22,24)/t18-/m0/s1. The zero-order valence-electron chi connectivity index (χ0n) is 15.8. The van der Waals surface area contributed by atoms with E-state index in [1.54, 1.807) is 38.1 Å². The lowest BCUT2D eigenvalue weighted by Gasteiger charge is -2.19. The molecule has 0 saturated heterocycles. The van der Waals surface area contributed by atoms with Crippen LogP contribution in [0.5, 0.6) is 0 Å². The third kappa shape index (κ3) is 7.11. The van der Waals surface area contributed by atoms with E-state index in [9.17, 15) is 14.4 Å². The minimum atomic E-state index is -1.13. The predicted molar refractivity (Wildman–Crippen MR) is 101 cm³/mol. The maximum absolute atomic E-state index is 12.2. The topological polar surface area (TPSA) is 90.9 Å². The third-order valence-electron chi connectivity index (χ3n) is 3.79. The third-order valence-corrected chi connectivity index (χ3v) is 3.79. The highest BCUT2D eigenvalue weighted by Gasteiger charge is 2.29. The number of alkyl carbamates (subject to hydrolysis) is 1. The minimum Gasteiger partial charge on any atom is -0.445 e. The lowest BCUT2D eigenvalue weighted by atomic mass is 10.1. The molecule has 1 amide bonds. The first-order valence-electron chi connectivity index (χ1n) is 8.85. The highest BCUT2D eigenvalue weighted by molar-refractivity contribution is 5.88. The van der Waals surface area contributed by atoms with Gasteiger partial charge in [0.15, 0.2) is 0 Å². The molecule has 7 nitrogen and oxygen atoms in total. The second-order valence-corrected chi connectivity index (χ2v) is 6.37. The Hall–Kier alpha value is -3.35. The molecule has 0 fully saturated rings. The Morgan fingerprint density at radius 1 is 0.821 bits per heavy atom. The van der Waals surface area contributed by atoms with E-state index in [0.29, 0.717) is 0 Å². The molecule has 0 aliphatic carbocycles. The van der Waals surface area contributed by atoms with Crippen LogP contribution in [0.25, 0.3) is 0 Å². The molecule has 0 spiro atoms. The zero-order chi connectivity index (χ0) is 20.4. The van der Waals surface area contributed by atoms with Crippen LogP contribution < -0.4 is 5.32 Å². The van der Waals surface area contributed by atoms with Gasteiger partial charge >= 0.3 is 18.2 Å². The Labute approximate surface area is 163 Å². The molecule has 0 aliphatic heterocycles. The van der Waals surface area contributed by atoms with E-state index in [2.05, 4.69) is 10.1 Å². The SMILES string of the molecule is CC(C)[C@H](NC(=O)OCc1ccccc1)C(=O)OC(=O)OCc1ccccc1. The molecule has 0 bridgehead atoms. The van der Waals surface area contributed by atoms with Gasteiger partial charge in [0, 0.05) is 0 Å². The van der Waals surface area contributed by atoms with Crippen molar-refractivity contribution in [3.8, 4) is 0 Å². The molecule has 1 N–H and O–H groups in total. The van der Waals surface area contributed by atoms with Crippen molar-refractivity contribution < 1.29 is 28.6 Å². The number of amides is 1. The van der Waals surface area contributed by atoms with Crippen LogP contribution in [0.3, 0.4) is 0 Å². The summed E-state index contributed by atoms with van der Waals surface area (Å²) in [6.07, 6.45) is -1.91. The molecule has 0 heterocycles. The fraction of sp³-hybridized carbons (Fsp3) is 0.286. The molecular weight excluding hydrogens is 362 g/mol. The van der Waals surface area contributed by atoms with Crippen molar-refractivity contribution in [3.63, 3.8) is 0 Å². The quantitative estimate of drug-likeness (QED) is 0.576. The van der Waals surface area contributed by atoms with Crippen molar-refractivity contribution in [3.05, 3.63) is 71.8 Å². The van der Waals surface area contributed by atoms with Crippen LogP contribution in [-0.2, 0) is 32.2 Å². The van der Waals surface area contributed by atoms with Crippen molar-refractivity contribution in [2.45, 2.75) is 33.1 Å². The Morgan fingerprint density at radius 2 is 1.32 bits per heavy atom. The van der Waals surface area contributed by atoms with Crippen LogP contribution in [0, 0.1) is 5.92 Å². The largest absolute Gasteiger partial charge is 0.516 e. The molecule has 2 rings (SSSR count). The van der Waals surface area contributed by atoms with Crippen molar-refractivity contribution in [1.82, 2.24) is 5.32 Å². The number of rotatable bonds is 7. The van der Waals surface area contributed by atoms with Crippen molar-refractivity contribution >= 4 is 18.2 Å². The normalized spacial score (nSPS) is 11.4. The first-order chi connectivity index (χ1) is 13.5. The van der Waals surface area contributed by atoms with E-state index in [1.165, 1.54) is 0 Å². The summed E-state index contributed by atoms with van der Waals surface area (Å²) in [7, 11) is 0. The van der Waals surface area contributed by atoms with Crippen molar-refractivity contribution in [2.75, 3.05) is 0 Å². The van der Waals surface area contributed by atoms with Gasteiger partial charge in [-0.1, -0.05) is 74.5 Å². The molecule has 0 unspecified atom stereocenters. The molecule has 0 saturated carbocycles. The van der Waals surface area contributed by atoms with E-state index in [-0.39, 0.29) is 19.1 Å². The van der Waals surface area contributed by atoms with Crippen LogP contribution in [-0.4, -0.2) is 24.3 Å². The van der Waals surface area contributed by atoms with Gasteiger partial charge in [0.05, 0.1) is 0 Å². The molecule has 7 heteroatoms. The first kappa shape index (κ1) is 21.0. The van der Waals surface area contributed by atoms with Crippen LogP contribution in [0.2, 0.25) is 0 Å². The van der Waals surface area contributed by atoms with Gasteiger partial charge in [-0.2, -0.15) is 0 Å². The number of benzene rings is 2. The summed E-state index contributed by atoms with van der Waals surface area (Å²) in [6.45, 7) is 3.45.